The number of hydrogen-bond donors (Lipinski definition) is 1. The SMILES string of the molecule is CCNC(=O)[C@H](C)OC(=O)c1ccccc1CSC1=NCCS1. The summed E-state index contributed by atoms with van der Waals surface area (Å²) in [5, 5.41) is 2.64. The largest absolute Gasteiger partial charge is 0.449 e. The maximum absolute atomic E-state index is 12.3. The number of nitrogens with one attached hydrogen (secondary N) is 1. The molecule has 1 aliphatic heterocycles. The molecule has 124 valence electrons. The number of rotatable bonds is 6. The minimum absolute atomic E-state index is 0.288. The lowest BCUT2D eigenvalue weighted by Gasteiger charge is -2.14. The van der Waals surface area contributed by atoms with Gasteiger partial charge in [-0.15, -0.1) is 0 Å². The van der Waals surface area contributed by atoms with Crippen LogP contribution in [0.25, 0.3) is 0 Å². The molecule has 1 aromatic rings. The fraction of sp³-hybridized carbons (Fsp3) is 0.438. The summed E-state index contributed by atoms with van der Waals surface area (Å²) in [7, 11) is 0. The quantitative estimate of drug-likeness (QED) is 0.797. The van der Waals surface area contributed by atoms with Crippen LogP contribution in [0, 0.1) is 0 Å². The molecule has 1 amide bonds. The second-order valence-corrected chi connectivity index (χ2v) is 7.19. The van der Waals surface area contributed by atoms with Crippen LogP contribution in [-0.2, 0) is 15.3 Å². The van der Waals surface area contributed by atoms with Gasteiger partial charge in [0, 0.05) is 18.1 Å². The summed E-state index contributed by atoms with van der Waals surface area (Å²) in [5.74, 6) is 0.924. The Morgan fingerprint density at radius 2 is 2.22 bits per heavy atom. The summed E-state index contributed by atoms with van der Waals surface area (Å²) in [4.78, 5) is 28.4. The molecule has 0 bridgehead atoms. The number of ether oxygens (including phenoxy) is 1. The van der Waals surface area contributed by atoms with Gasteiger partial charge in [0.15, 0.2) is 6.10 Å². The molecule has 0 aliphatic carbocycles. The van der Waals surface area contributed by atoms with E-state index in [2.05, 4.69) is 10.3 Å². The lowest BCUT2D eigenvalue weighted by molar-refractivity contribution is -0.128. The summed E-state index contributed by atoms with van der Waals surface area (Å²) in [5.41, 5.74) is 1.39. The molecule has 0 saturated carbocycles. The Bertz CT molecular complexity index is 605. The Morgan fingerprint density at radius 1 is 1.43 bits per heavy atom. The van der Waals surface area contributed by atoms with Crippen LogP contribution in [0.5, 0.6) is 0 Å². The van der Waals surface area contributed by atoms with Gasteiger partial charge in [-0.2, -0.15) is 0 Å². The first-order chi connectivity index (χ1) is 11.1. The van der Waals surface area contributed by atoms with E-state index in [-0.39, 0.29) is 5.91 Å². The third-order valence-electron chi connectivity index (χ3n) is 3.15. The average molecular weight is 352 g/mol. The number of esters is 1. The highest BCUT2D eigenvalue weighted by molar-refractivity contribution is 8.38. The predicted octanol–water partition coefficient (Wildman–Crippen LogP) is 2.70. The summed E-state index contributed by atoms with van der Waals surface area (Å²) in [6.45, 7) is 4.77. The van der Waals surface area contributed by atoms with Crippen molar-refractivity contribution in [1.29, 1.82) is 0 Å². The molecule has 0 fully saturated rings. The van der Waals surface area contributed by atoms with E-state index in [1.54, 1.807) is 42.6 Å². The third kappa shape index (κ3) is 5.28. The summed E-state index contributed by atoms with van der Waals surface area (Å²) in [6.07, 6.45) is -0.807. The van der Waals surface area contributed by atoms with Crippen molar-refractivity contribution < 1.29 is 14.3 Å². The highest BCUT2D eigenvalue weighted by atomic mass is 32.2. The normalized spacial score (nSPS) is 15.0. The van der Waals surface area contributed by atoms with Gasteiger partial charge in [-0.3, -0.25) is 9.79 Å². The number of hydrogen-bond acceptors (Lipinski definition) is 6. The van der Waals surface area contributed by atoms with Gasteiger partial charge in [0.25, 0.3) is 5.91 Å². The first kappa shape index (κ1) is 17.9. The zero-order valence-electron chi connectivity index (χ0n) is 13.2. The second-order valence-electron chi connectivity index (χ2n) is 4.88. The van der Waals surface area contributed by atoms with Crippen LogP contribution in [0.4, 0.5) is 0 Å². The van der Waals surface area contributed by atoms with Gasteiger partial charge in [-0.25, -0.2) is 4.79 Å². The molecule has 1 N–H and O–H groups in total. The highest BCUT2D eigenvalue weighted by Crippen LogP contribution is 2.26. The van der Waals surface area contributed by atoms with Gasteiger partial charge in [0.1, 0.15) is 4.38 Å². The molecule has 0 radical (unpaired) electrons. The van der Waals surface area contributed by atoms with Crippen molar-refractivity contribution in [2.75, 3.05) is 18.8 Å². The van der Waals surface area contributed by atoms with Crippen molar-refractivity contribution in [3.8, 4) is 0 Å². The van der Waals surface area contributed by atoms with Crippen molar-refractivity contribution in [1.82, 2.24) is 5.32 Å². The molecule has 0 aromatic heterocycles. The van der Waals surface area contributed by atoms with E-state index in [0.29, 0.717) is 17.9 Å². The van der Waals surface area contributed by atoms with Gasteiger partial charge in [0.2, 0.25) is 0 Å². The molecule has 5 nitrogen and oxygen atoms in total. The van der Waals surface area contributed by atoms with Crippen LogP contribution < -0.4 is 5.32 Å². The van der Waals surface area contributed by atoms with Gasteiger partial charge in [-0.05, 0) is 25.5 Å². The van der Waals surface area contributed by atoms with E-state index < -0.39 is 12.1 Å². The van der Waals surface area contributed by atoms with E-state index in [4.69, 9.17) is 4.74 Å². The molecule has 1 atom stereocenters. The van der Waals surface area contributed by atoms with E-state index in [1.165, 1.54) is 0 Å². The second kappa shape index (κ2) is 8.98. The molecular weight excluding hydrogens is 332 g/mol. The molecule has 7 heteroatoms. The van der Waals surface area contributed by atoms with Crippen molar-refractivity contribution in [2.24, 2.45) is 4.99 Å². The number of benzene rings is 1. The van der Waals surface area contributed by atoms with E-state index in [0.717, 1.165) is 22.2 Å². The topological polar surface area (TPSA) is 67.8 Å². The number of likely N-dealkylation sites (N-methyl/N-ethyl adjacent to an activating group) is 1. The molecule has 1 heterocycles. The van der Waals surface area contributed by atoms with Crippen molar-refractivity contribution in [2.45, 2.75) is 25.7 Å². The smallest absolute Gasteiger partial charge is 0.339 e. The number of amides is 1. The first-order valence-electron chi connectivity index (χ1n) is 7.48. The zero-order chi connectivity index (χ0) is 16.7. The summed E-state index contributed by atoms with van der Waals surface area (Å²) < 4.78 is 6.33. The standard InChI is InChI=1S/C16H20N2O3S2/c1-3-17-14(19)11(2)21-15(20)13-7-5-4-6-12(13)10-23-16-18-8-9-22-16/h4-7,11H,3,8-10H2,1-2H3,(H,17,19)/t11-/m0/s1. The van der Waals surface area contributed by atoms with Gasteiger partial charge < -0.3 is 10.1 Å². The predicted molar refractivity (Wildman–Crippen MR) is 96.1 cm³/mol. The zero-order valence-corrected chi connectivity index (χ0v) is 14.8. The molecule has 1 aliphatic rings. The lowest BCUT2D eigenvalue weighted by Crippen LogP contribution is -2.35. The fourth-order valence-corrected chi connectivity index (χ4v) is 4.00. The average Bonchev–Trinajstić information content (AvgIpc) is 3.06. The van der Waals surface area contributed by atoms with Gasteiger partial charge >= 0.3 is 5.97 Å². The van der Waals surface area contributed by atoms with Gasteiger partial charge in [0.05, 0.1) is 12.1 Å². The molecular formula is C16H20N2O3S2. The minimum Gasteiger partial charge on any atom is -0.449 e. The monoisotopic (exact) mass is 352 g/mol. The van der Waals surface area contributed by atoms with Crippen LogP contribution >= 0.6 is 23.5 Å². The molecule has 23 heavy (non-hydrogen) atoms. The van der Waals surface area contributed by atoms with Crippen LogP contribution in [0.15, 0.2) is 29.3 Å². The number of carbonyl (C=O) groups is 2. The Morgan fingerprint density at radius 3 is 2.91 bits per heavy atom. The number of nitrogens with zero attached hydrogens (tertiary/aromatic N) is 1. The number of carbonyl (C=O) groups excluding carboxylic acids is 2. The highest BCUT2D eigenvalue weighted by Gasteiger charge is 2.20. The van der Waals surface area contributed by atoms with Crippen LogP contribution in [0.1, 0.15) is 29.8 Å². The molecule has 0 spiro atoms. The summed E-state index contributed by atoms with van der Waals surface area (Å²) >= 11 is 3.37. The Balaban J connectivity index is 2.00. The van der Waals surface area contributed by atoms with E-state index in [9.17, 15) is 9.59 Å². The maximum Gasteiger partial charge on any atom is 0.339 e. The van der Waals surface area contributed by atoms with Crippen molar-refractivity contribution in [3.63, 3.8) is 0 Å². The fourth-order valence-electron chi connectivity index (χ4n) is 1.98. The van der Waals surface area contributed by atoms with Crippen LogP contribution in [0.3, 0.4) is 0 Å². The first-order valence-corrected chi connectivity index (χ1v) is 9.45. The van der Waals surface area contributed by atoms with E-state index >= 15 is 0 Å². The number of aliphatic imine (C=N–C) groups is 1. The van der Waals surface area contributed by atoms with Crippen molar-refractivity contribution in [3.05, 3.63) is 35.4 Å². The third-order valence-corrected chi connectivity index (χ3v) is 5.45. The van der Waals surface area contributed by atoms with Crippen LogP contribution in [-0.4, -0.2) is 41.2 Å². The van der Waals surface area contributed by atoms with Crippen LogP contribution in [0.2, 0.25) is 0 Å². The van der Waals surface area contributed by atoms with Gasteiger partial charge in [-0.1, -0.05) is 41.7 Å². The Kier molecular flexibility index (Phi) is 6.98. The molecule has 0 unspecified atom stereocenters. The molecule has 0 saturated heterocycles. The lowest BCUT2D eigenvalue weighted by atomic mass is 10.1. The maximum atomic E-state index is 12.3. The number of thioether (sulfide) groups is 2. The molecule has 2 rings (SSSR count). The minimum atomic E-state index is -0.807. The van der Waals surface area contributed by atoms with E-state index in [1.807, 2.05) is 19.1 Å². The Hall–Kier alpha value is -1.47. The molecule has 1 aromatic carbocycles. The Labute approximate surface area is 144 Å². The van der Waals surface area contributed by atoms with Crippen molar-refractivity contribution >= 4 is 39.8 Å². The summed E-state index contributed by atoms with van der Waals surface area (Å²) in [6, 6.07) is 7.32.